The Kier molecular flexibility index (Phi) is 7.10. The SMILES string of the molecule is CC(C)CNC(=O)CN1CCN(S(=O)(=O)c2c(Cl)cccc2Cl)CC1. The fourth-order valence-corrected chi connectivity index (χ4v) is 5.08. The van der Waals surface area contributed by atoms with Crippen LogP contribution in [0.25, 0.3) is 0 Å². The van der Waals surface area contributed by atoms with Crippen molar-refractivity contribution in [1.82, 2.24) is 14.5 Å². The van der Waals surface area contributed by atoms with Crippen molar-refractivity contribution >= 4 is 39.1 Å². The molecule has 25 heavy (non-hydrogen) atoms. The maximum Gasteiger partial charge on any atom is 0.246 e. The maximum atomic E-state index is 12.8. The quantitative estimate of drug-likeness (QED) is 0.783. The summed E-state index contributed by atoms with van der Waals surface area (Å²) in [6, 6.07) is 4.63. The smallest absolute Gasteiger partial charge is 0.246 e. The Morgan fingerprint density at radius 2 is 1.72 bits per heavy atom. The number of carbonyl (C=O) groups excluding carboxylic acids is 1. The number of hydrogen-bond donors (Lipinski definition) is 1. The summed E-state index contributed by atoms with van der Waals surface area (Å²) >= 11 is 12.1. The second-order valence-electron chi connectivity index (χ2n) is 6.43. The van der Waals surface area contributed by atoms with Crippen molar-refractivity contribution in [3.05, 3.63) is 28.2 Å². The summed E-state index contributed by atoms with van der Waals surface area (Å²) in [5.74, 6) is 0.352. The lowest BCUT2D eigenvalue weighted by molar-refractivity contribution is -0.122. The predicted molar refractivity (Wildman–Crippen MR) is 99.5 cm³/mol. The Balaban J connectivity index is 1.96. The first kappa shape index (κ1) is 20.5. The van der Waals surface area contributed by atoms with Crippen molar-refractivity contribution in [3.8, 4) is 0 Å². The number of hydrogen-bond acceptors (Lipinski definition) is 4. The number of sulfonamides is 1. The Bertz CT molecular complexity index is 697. The van der Waals surface area contributed by atoms with Crippen LogP contribution in [-0.2, 0) is 14.8 Å². The van der Waals surface area contributed by atoms with Crippen LogP contribution in [0.2, 0.25) is 10.0 Å². The molecule has 0 saturated carbocycles. The van der Waals surface area contributed by atoms with Crippen molar-refractivity contribution < 1.29 is 13.2 Å². The van der Waals surface area contributed by atoms with Crippen molar-refractivity contribution in [3.63, 3.8) is 0 Å². The Hall–Kier alpha value is -0.860. The summed E-state index contributed by atoms with van der Waals surface area (Å²) in [5.41, 5.74) is 0. The molecule has 1 fully saturated rings. The number of benzene rings is 1. The van der Waals surface area contributed by atoms with E-state index in [-0.39, 0.29) is 27.4 Å². The highest BCUT2D eigenvalue weighted by Crippen LogP contribution is 2.31. The normalized spacial score (nSPS) is 17.0. The number of nitrogens with one attached hydrogen (secondary N) is 1. The highest BCUT2D eigenvalue weighted by atomic mass is 35.5. The molecule has 1 heterocycles. The van der Waals surface area contributed by atoms with E-state index in [1.165, 1.54) is 16.4 Å². The van der Waals surface area contributed by atoms with Crippen molar-refractivity contribution in [2.45, 2.75) is 18.7 Å². The van der Waals surface area contributed by atoms with Crippen LogP contribution >= 0.6 is 23.2 Å². The van der Waals surface area contributed by atoms with Gasteiger partial charge < -0.3 is 5.32 Å². The Labute approximate surface area is 159 Å². The molecule has 1 aliphatic heterocycles. The summed E-state index contributed by atoms with van der Waals surface area (Å²) in [6.07, 6.45) is 0. The number of piperazine rings is 1. The summed E-state index contributed by atoms with van der Waals surface area (Å²) < 4.78 is 27.0. The van der Waals surface area contributed by atoms with Crippen LogP contribution in [0.4, 0.5) is 0 Å². The Morgan fingerprint density at radius 1 is 1.16 bits per heavy atom. The van der Waals surface area contributed by atoms with Crippen molar-refractivity contribution in [1.29, 1.82) is 0 Å². The average Bonchev–Trinajstić information content (AvgIpc) is 2.53. The number of carbonyl (C=O) groups is 1. The lowest BCUT2D eigenvalue weighted by Crippen LogP contribution is -2.51. The first-order chi connectivity index (χ1) is 11.7. The van der Waals surface area contributed by atoms with Gasteiger partial charge in [-0.2, -0.15) is 4.31 Å². The van der Waals surface area contributed by atoms with Crippen LogP contribution in [0.5, 0.6) is 0 Å². The molecule has 0 spiro atoms. The molecule has 1 saturated heterocycles. The van der Waals surface area contributed by atoms with Gasteiger partial charge in [-0.1, -0.05) is 43.1 Å². The second kappa shape index (κ2) is 8.68. The second-order valence-corrected chi connectivity index (χ2v) is 9.12. The molecule has 0 atom stereocenters. The van der Waals surface area contributed by atoms with Crippen molar-refractivity contribution in [2.75, 3.05) is 39.3 Å². The molecule has 0 bridgehead atoms. The summed E-state index contributed by atoms with van der Waals surface area (Å²) in [4.78, 5) is 13.8. The standard InChI is InChI=1S/C16H23Cl2N3O3S/c1-12(2)10-19-15(22)11-20-6-8-21(9-7-20)25(23,24)16-13(17)4-3-5-14(16)18/h3-5,12H,6-11H2,1-2H3,(H,19,22). The van der Waals surface area contributed by atoms with Crippen LogP contribution in [0.1, 0.15) is 13.8 Å². The monoisotopic (exact) mass is 407 g/mol. The molecular weight excluding hydrogens is 385 g/mol. The van der Waals surface area contributed by atoms with Gasteiger partial charge in [0.05, 0.1) is 16.6 Å². The lowest BCUT2D eigenvalue weighted by atomic mass is 10.2. The van der Waals surface area contributed by atoms with Crippen LogP contribution in [0.3, 0.4) is 0 Å². The molecular formula is C16H23Cl2N3O3S. The van der Waals surface area contributed by atoms with Gasteiger partial charge in [0.25, 0.3) is 0 Å². The number of amides is 1. The topological polar surface area (TPSA) is 69.7 Å². The average molecular weight is 408 g/mol. The molecule has 0 unspecified atom stereocenters. The van der Waals surface area contributed by atoms with Crippen molar-refractivity contribution in [2.24, 2.45) is 5.92 Å². The molecule has 1 aliphatic rings. The van der Waals surface area contributed by atoms with Gasteiger partial charge in [-0.05, 0) is 18.1 Å². The summed E-state index contributed by atoms with van der Waals surface area (Å²) in [7, 11) is -3.75. The van der Waals surface area contributed by atoms with E-state index in [0.717, 1.165) is 0 Å². The molecule has 140 valence electrons. The molecule has 2 rings (SSSR count). The van der Waals surface area contributed by atoms with E-state index in [4.69, 9.17) is 23.2 Å². The predicted octanol–water partition coefficient (Wildman–Crippen LogP) is 2.07. The van der Waals surface area contributed by atoms with Gasteiger partial charge in [0.2, 0.25) is 15.9 Å². The molecule has 0 aromatic heterocycles. The van der Waals surface area contributed by atoms with E-state index in [0.29, 0.717) is 38.6 Å². The van der Waals surface area contributed by atoms with Crippen LogP contribution in [0.15, 0.2) is 23.1 Å². The minimum absolute atomic E-state index is 0.0424. The molecule has 1 N–H and O–H groups in total. The van der Waals surface area contributed by atoms with E-state index in [9.17, 15) is 13.2 Å². The zero-order chi connectivity index (χ0) is 18.6. The van der Waals surface area contributed by atoms with Gasteiger partial charge >= 0.3 is 0 Å². The number of halogens is 2. The molecule has 0 aliphatic carbocycles. The summed E-state index contributed by atoms with van der Waals surface area (Å²) in [5, 5.41) is 3.09. The highest BCUT2D eigenvalue weighted by Gasteiger charge is 2.32. The molecule has 1 aromatic rings. The molecule has 9 heteroatoms. The van der Waals surface area contributed by atoms with Gasteiger partial charge in [-0.3, -0.25) is 9.69 Å². The molecule has 6 nitrogen and oxygen atoms in total. The minimum atomic E-state index is -3.75. The van der Waals surface area contributed by atoms with E-state index in [2.05, 4.69) is 5.32 Å². The fraction of sp³-hybridized carbons (Fsp3) is 0.562. The van der Waals surface area contributed by atoms with E-state index in [1.54, 1.807) is 6.07 Å². The third kappa shape index (κ3) is 5.31. The lowest BCUT2D eigenvalue weighted by Gasteiger charge is -2.33. The first-order valence-electron chi connectivity index (χ1n) is 8.15. The summed E-state index contributed by atoms with van der Waals surface area (Å²) in [6.45, 7) is 6.52. The van der Waals surface area contributed by atoms with Crippen LogP contribution in [-0.4, -0.2) is 62.8 Å². The van der Waals surface area contributed by atoms with Gasteiger partial charge in [0.1, 0.15) is 4.90 Å². The number of nitrogens with zero attached hydrogens (tertiary/aromatic N) is 2. The van der Waals surface area contributed by atoms with E-state index in [1.807, 2.05) is 18.7 Å². The van der Waals surface area contributed by atoms with Gasteiger partial charge in [0, 0.05) is 32.7 Å². The van der Waals surface area contributed by atoms with Crippen LogP contribution in [0, 0.1) is 5.92 Å². The number of rotatable bonds is 6. The van der Waals surface area contributed by atoms with E-state index >= 15 is 0 Å². The third-order valence-corrected chi connectivity index (χ3v) is 6.78. The fourth-order valence-electron chi connectivity index (χ4n) is 2.56. The molecule has 0 radical (unpaired) electrons. The Morgan fingerprint density at radius 3 is 2.24 bits per heavy atom. The van der Waals surface area contributed by atoms with Gasteiger partial charge in [-0.15, -0.1) is 0 Å². The van der Waals surface area contributed by atoms with E-state index < -0.39 is 10.0 Å². The third-order valence-electron chi connectivity index (χ3n) is 3.92. The largest absolute Gasteiger partial charge is 0.355 e. The van der Waals surface area contributed by atoms with Gasteiger partial charge in [-0.25, -0.2) is 8.42 Å². The van der Waals surface area contributed by atoms with Gasteiger partial charge in [0.15, 0.2) is 0 Å². The zero-order valence-electron chi connectivity index (χ0n) is 14.3. The molecule has 1 amide bonds. The maximum absolute atomic E-state index is 12.8. The zero-order valence-corrected chi connectivity index (χ0v) is 16.7. The highest BCUT2D eigenvalue weighted by molar-refractivity contribution is 7.89. The first-order valence-corrected chi connectivity index (χ1v) is 10.3. The van der Waals surface area contributed by atoms with Crippen LogP contribution < -0.4 is 5.32 Å². The molecule has 1 aromatic carbocycles. The minimum Gasteiger partial charge on any atom is -0.355 e.